The summed E-state index contributed by atoms with van der Waals surface area (Å²) in [4.78, 5) is 19.4. The van der Waals surface area contributed by atoms with Gasteiger partial charge in [0, 0.05) is 35.5 Å². The predicted octanol–water partition coefficient (Wildman–Crippen LogP) is 1.76. The second-order valence-electron chi connectivity index (χ2n) is 5.34. The molecule has 5 nitrogen and oxygen atoms in total. The smallest absolute Gasteiger partial charge is 0.101 e. The molecule has 0 saturated carbocycles. The third-order valence-electron chi connectivity index (χ3n) is 3.54. The monoisotopic (exact) mass is 302 g/mol. The fourth-order valence-electron chi connectivity index (χ4n) is 2.52. The first kappa shape index (κ1) is 14.7. The molecule has 23 heavy (non-hydrogen) atoms. The number of benzene rings is 1. The lowest BCUT2D eigenvalue weighted by molar-refractivity contribution is -0.255. The van der Waals surface area contributed by atoms with E-state index in [9.17, 15) is 15.2 Å². The van der Waals surface area contributed by atoms with Crippen molar-refractivity contribution in [3.05, 3.63) is 70.7 Å². The largest absolute Gasteiger partial charge is 0.545 e. The van der Waals surface area contributed by atoms with Gasteiger partial charge in [0.05, 0.1) is 17.0 Å². The van der Waals surface area contributed by atoms with Crippen molar-refractivity contribution in [1.82, 2.24) is 9.97 Å². The summed E-state index contributed by atoms with van der Waals surface area (Å²) >= 11 is 0. The van der Waals surface area contributed by atoms with E-state index in [0.29, 0.717) is 23.2 Å². The van der Waals surface area contributed by atoms with Gasteiger partial charge in [0.25, 0.3) is 0 Å². The van der Waals surface area contributed by atoms with Crippen LogP contribution in [-0.2, 0) is 6.42 Å². The highest BCUT2D eigenvalue weighted by molar-refractivity contribution is 5.86. The molecule has 0 aliphatic heterocycles. The van der Waals surface area contributed by atoms with Crippen molar-refractivity contribution >= 4 is 16.9 Å². The van der Waals surface area contributed by atoms with Crippen LogP contribution in [0.25, 0.3) is 10.9 Å². The number of aromatic carboxylic acids is 1. The molecular formula is C18H12N3O2-. The Morgan fingerprint density at radius 2 is 2.09 bits per heavy atom. The second-order valence-corrected chi connectivity index (χ2v) is 5.34. The number of hydrogen-bond acceptors (Lipinski definition) is 5. The molecule has 2 aromatic heterocycles. The third kappa shape index (κ3) is 3.01. The second kappa shape index (κ2) is 5.85. The summed E-state index contributed by atoms with van der Waals surface area (Å²) in [6.07, 6.45) is 3.60. The Labute approximate surface area is 132 Å². The van der Waals surface area contributed by atoms with Crippen LogP contribution in [-0.4, -0.2) is 15.9 Å². The van der Waals surface area contributed by atoms with Gasteiger partial charge in [-0.2, -0.15) is 5.26 Å². The zero-order valence-corrected chi connectivity index (χ0v) is 12.4. The van der Waals surface area contributed by atoms with Gasteiger partial charge in [-0.15, -0.1) is 0 Å². The maximum atomic E-state index is 10.9. The van der Waals surface area contributed by atoms with Crippen molar-refractivity contribution in [3.8, 4) is 6.07 Å². The van der Waals surface area contributed by atoms with E-state index in [-0.39, 0.29) is 5.56 Å². The molecule has 0 amide bonds. The molecule has 2 heterocycles. The summed E-state index contributed by atoms with van der Waals surface area (Å²) < 4.78 is 0. The van der Waals surface area contributed by atoms with E-state index in [1.165, 1.54) is 18.3 Å². The molecule has 0 bridgehead atoms. The van der Waals surface area contributed by atoms with Crippen LogP contribution in [0.15, 0.2) is 42.7 Å². The molecule has 0 unspecified atom stereocenters. The van der Waals surface area contributed by atoms with Crippen molar-refractivity contribution in [2.24, 2.45) is 0 Å². The van der Waals surface area contributed by atoms with Crippen LogP contribution in [0.5, 0.6) is 0 Å². The number of nitrogens with zero attached hydrogens (tertiary/aromatic N) is 3. The van der Waals surface area contributed by atoms with Gasteiger partial charge in [-0.05, 0) is 48.4 Å². The Balaban J connectivity index is 2.05. The first-order valence-corrected chi connectivity index (χ1v) is 7.02. The predicted molar refractivity (Wildman–Crippen MR) is 82.6 cm³/mol. The number of hydrogen-bond donors (Lipinski definition) is 0. The molecule has 0 aliphatic rings. The zero-order valence-electron chi connectivity index (χ0n) is 12.4. The average molecular weight is 302 g/mol. The average Bonchev–Trinajstić information content (AvgIpc) is 2.54. The van der Waals surface area contributed by atoms with Crippen LogP contribution in [0.3, 0.4) is 0 Å². The van der Waals surface area contributed by atoms with Crippen LogP contribution in [0.2, 0.25) is 0 Å². The van der Waals surface area contributed by atoms with Crippen LogP contribution < -0.4 is 5.11 Å². The fraction of sp³-hybridized carbons (Fsp3) is 0.111. The molecule has 1 aromatic carbocycles. The summed E-state index contributed by atoms with van der Waals surface area (Å²) in [5, 5.41) is 21.1. The molecule has 0 saturated heterocycles. The molecule has 0 aliphatic carbocycles. The van der Waals surface area contributed by atoms with Crippen molar-refractivity contribution in [1.29, 1.82) is 5.26 Å². The maximum absolute atomic E-state index is 10.9. The highest BCUT2D eigenvalue weighted by atomic mass is 16.4. The number of nitriles is 1. The maximum Gasteiger partial charge on any atom is 0.101 e. The first-order valence-electron chi connectivity index (χ1n) is 7.02. The number of fused-ring (bicyclic) bond motifs is 1. The fourth-order valence-corrected chi connectivity index (χ4v) is 2.52. The van der Waals surface area contributed by atoms with Crippen molar-refractivity contribution < 1.29 is 9.90 Å². The van der Waals surface area contributed by atoms with Crippen molar-refractivity contribution in [2.45, 2.75) is 13.3 Å². The number of carbonyl (C=O) groups excluding carboxylic acids is 1. The summed E-state index contributed by atoms with van der Waals surface area (Å²) in [5.41, 5.74) is 3.75. The summed E-state index contributed by atoms with van der Waals surface area (Å²) in [5.74, 6) is -1.23. The highest BCUT2D eigenvalue weighted by Crippen LogP contribution is 2.21. The minimum Gasteiger partial charge on any atom is -0.545 e. The van der Waals surface area contributed by atoms with E-state index < -0.39 is 5.97 Å². The minimum absolute atomic E-state index is 0.0915. The number of carboxylic acid groups (broad SMARTS) is 1. The topological polar surface area (TPSA) is 89.7 Å². The lowest BCUT2D eigenvalue weighted by Crippen LogP contribution is -2.22. The van der Waals surface area contributed by atoms with E-state index in [1.54, 1.807) is 12.3 Å². The molecule has 3 rings (SSSR count). The Bertz CT molecular complexity index is 958. The van der Waals surface area contributed by atoms with E-state index in [4.69, 9.17) is 0 Å². The van der Waals surface area contributed by atoms with E-state index >= 15 is 0 Å². The molecule has 0 atom stereocenters. The molecular weight excluding hydrogens is 290 g/mol. The third-order valence-corrected chi connectivity index (χ3v) is 3.54. The van der Waals surface area contributed by atoms with Crippen LogP contribution >= 0.6 is 0 Å². The van der Waals surface area contributed by atoms with Crippen LogP contribution in [0, 0.1) is 18.3 Å². The van der Waals surface area contributed by atoms with Crippen molar-refractivity contribution in [2.75, 3.05) is 0 Å². The number of pyridine rings is 2. The number of aromatic nitrogens is 2. The number of carboxylic acids is 1. The van der Waals surface area contributed by atoms with E-state index in [2.05, 4.69) is 16.0 Å². The van der Waals surface area contributed by atoms with Gasteiger partial charge in [0.2, 0.25) is 0 Å². The first-order chi connectivity index (χ1) is 11.1. The van der Waals surface area contributed by atoms with Gasteiger partial charge in [-0.3, -0.25) is 9.97 Å². The minimum atomic E-state index is -1.23. The molecule has 0 radical (unpaired) electrons. The zero-order chi connectivity index (χ0) is 16.4. The lowest BCUT2D eigenvalue weighted by Gasteiger charge is -2.08. The van der Waals surface area contributed by atoms with Crippen molar-refractivity contribution in [3.63, 3.8) is 0 Å². The van der Waals surface area contributed by atoms with Gasteiger partial charge in [-0.25, -0.2) is 0 Å². The Kier molecular flexibility index (Phi) is 3.73. The SMILES string of the molecule is Cc1cnc2c(C#N)cc(Cc3cc(C(=O)[O-])ccn3)cc2c1. The lowest BCUT2D eigenvalue weighted by atomic mass is 10.0. The van der Waals surface area contributed by atoms with E-state index in [0.717, 1.165) is 16.5 Å². The molecule has 5 heteroatoms. The van der Waals surface area contributed by atoms with Gasteiger partial charge in [0.15, 0.2) is 0 Å². The van der Waals surface area contributed by atoms with Gasteiger partial charge in [0.1, 0.15) is 6.07 Å². The number of aryl methyl sites for hydroxylation is 1. The molecule has 0 fully saturated rings. The highest BCUT2D eigenvalue weighted by Gasteiger charge is 2.07. The number of rotatable bonds is 3. The Morgan fingerprint density at radius 1 is 1.26 bits per heavy atom. The standard InChI is InChI=1S/C18H13N3O2/c1-11-4-14-5-12(6-15(9-19)17(14)21-10-11)7-16-8-13(18(22)23)2-3-20-16/h2-6,8,10H,7H2,1H3,(H,22,23)/p-1. The van der Waals surface area contributed by atoms with Crippen LogP contribution in [0.4, 0.5) is 0 Å². The Morgan fingerprint density at radius 3 is 2.83 bits per heavy atom. The van der Waals surface area contributed by atoms with Gasteiger partial charge >= 0.3 is 0 Å². The molecule has 0 N–H and O–H groups in total. The number of carbonyl (C=O) groups is 1. The normalized spacial score (nSPS) is 10.4. The van der Waals surface area contributed by atoms with Gasteiger partial charge < -0.3 is 9.90 Å². The van der Waals surface area contributed by atoms with Crippen LogP contribution in [0.1, 0.15) is 32.7 Å². The van der Waals surface area contributed by atoms with E-state index in [1.807, 2.05) is 19.1 Å². The quantitative estimate of drug-likeness (QED) is 0.735. The molecule has 0 spiro atoms. The summed E-state index contributed by atoms with van der Waals surface area (Å²) in [6.45, 7) is 1.94. The molecule has 112 valence electrons. The Hall–Kier alpha value is -3.26. The molecule has 3 aromatic rings. The summed E-state index contributed by atoms with van der Waals surface area (Å²) in [6, 6.07) is 10.7. The van der Waals surface area contributed by atoms with Gasteiger partial charge in [-0.1, -0.05) is 0 Å². The summed E-state index contributed by atoms with van der Waals surface area (Å²) in [7, 11) is 0.